The van der Waals surface area contributed by atoms with E-state index < -0.39 is 0 Å². The Morgan fingerprint density at radius 1 is 1.50 bits per heavy atom. The first-order chi connectivity index (χ1) is 8.60. The van der Waals surface area contributed by atoms with Crippen LogP contribution >= 0.6 is 0 Å². The van der Waals surface area contributed by atoms with Crippen molar-refractivity contribution < 1.29 is 14.6 Å². The Morgan fingerprint density at radius 3 is 2.83 bits per heavy atom. The molecule has 4 nitrogen and oxygen atoms in total. The number of nitrogens with zero attached hydrogens (tertiary/aromatic N) is 1. The Kier molecular flexibility index (Phi) is 3.67. The summed E-state index contributed by atoms with van der Waals surface area (Å²) in [4.78, 5) is 13.4. The number of carbonyl (C=O) groups excluding carboxylic acids is 1. The summed E-state index contributed by atoms with van der Waals surface area (Å²) in [6, 6.07) is 7.59. The predicted octanol–water partition coefficient (Wildman–Crippen LogP) is 1.30. The van der Waals surface area contributed by atoms with E-state index in [1.165, 1.54) is 0 Å². The number of aliphatic hydroxyl groups excluding tert-OH is 1. The Balaban J connectivity index is 2.09. The molecule has 1 saturated heterocycles. The van der Waals surface area contributed by atoms with Crippen LogP contribution in [0.5, 0.6) is 5.75 Å². The molecule has 0 radical (unpaired) electrons. The molecule has 1 aromatic carbocycles. The highest BCUT2D eigenvalue weighted by Crippen LogP contribution is 2.20. The van der Waals surface area contributed by atoms with Gasteiger partial charge in [-0.25, -0.2) is 0 Å². The van der Waals surface area contributed by atoms with Crippen molar-refractivity contribution in [2.45, 2.75) is 13.0 Å². The molecule has 1 heterocycles. The standard InChI is InChI=1S/C14H17NO3/c1-10(6-14(17)15-8-12(16)9-15)11-4-3-5-13(7-11)18-2/h3-7,12,16H,8-9H2,1-2H3/b10-6+. The molecule has 0 aliphatic carbocycles. The number of methoxy groups -OCH3 is 1. The Hall–Kier alpha value is -1.81. The monoisotopic (exact) mass is 247 g/mol. The van der Waals surface area contributed by atoms with Gasteiger partial charge in [0.1, 0.15) is 5.75 Å². The van der Waals surface area contributed by atoms with Gasteiger partial charge in [0.15, 0.2) is 0 Å². The number of β-amino-alcohol motifs (C(OH)–C–C–N with tert-alkyl or cyclic N) is 1. The lowest BCUT2D eigenvalue weighted by Crippen LogP contribution is -2.53. The van der Waals surface area contributed by atoms with Crippen LogP contribution in [0.25, 0.3) is 5.57 Å². The zero-order valence-corrected chi connectivity index (χ0v) is 10.6. The van der Waals surface area contributed by atoms with Crippen molar-refractivity contribution in [1.29, 1.82) is 0 Å². The van der Waals surface area contributed by atoms with Crippen molar-refractivity contribution in [2.24, 2.45) is 0 Å². The maximum absolute atomic E-state index is 11.8. The number of carbonyl (C=O) groups is 1. The van der Waals surface area contributed by atoms with Crippen LogP contribution in [-0.2, 0) is 4.79 Å². The first-order valence-corrected chi connectivity index (χ1v) is 5.90. The second kappa shape index (κ2) is 5.23. The molecular formula is C14H17NO3. The summed E-state index contributed by atoms with van der Waals surface area (Å²) >= 11 is 0. The van der Waals surface area contributed by atoms with Crippen molar-refractivity contribution in [3.8, 4) is 5.75 Å². The van der Waals surface area contributed by atoms with Crippen LogP contribution in [0, 0.1) is 0 Å². The highest BCUT2D eigenvalue weighted by atomic mass is 16.5. The summed E-state index contributed by atoms with van der Waals surface area (Å²) < 4.78 is 5.15. The molecule has 0 aromatic heterocycles. The van der Waals surface area contributed by atoms with E-state index in [1.54, 1.807) is 18.1 Å². The first-order valence-electron chi connectivity index (χ1n) is 5.90. The number of hydrogen-bond acceptors (Lipinski definition) is 3. The molecule has 0 bridgehead atoms. The number of hydrogen-bond donors (Lipinski definition) is 1. The van der Waals surface area contributed by atoms with Crippen LogP contribution in [0.2, 0.25) is 0 Å². The van der Waals surface area contributed by atoms with E-state index in [0.29, 0.717) is 13.1 Å². The lowest BCUT2D eigenvalue weighted by molar-refractivity contribution is -0.135. The van der Waals surface area contributed by atoms with E-state index in [0.717, 1.165) is 16.9 Å². The quantitative estimate of drug-likeness (QED) is 0.819. The molecule has 18 heavy (non-hydrogen) atoms. The first kappa shape index (κ1) is 12.6. The number of likely N-dealkylation sites (tertiary alicyclic amines) is 1. The number of allylic oxidation sites excluding steroid dienone is 1. The molecule has 96 valence electrons. The Bertz CT molecular complexity index is 476. The molecule has 0 saturated carbocycles. The number of aliphatic hydroxyl groups is 1. The second-order valence-corrected chi connectivity index (χ2v) is 4.46. The van der Waals surface area contributed by atoms with E-state index in [-0.39, 0.29) is 12.0 Å². The molecule has 0 spiro atoms. The van der Waals surface area contributed by atoms with E-state index in [4.69, 9.17) is 9.84 Å². The highest BCUT2D eigenvalue weighted by Gasteiger charge is 2.27. The van der Waals surface area contributed by atoms with Gasteiger partial charge < -0.3 is 14.7 Å². The Morgan fingerprint density at radius 2 is 2.22 bits per heavy atom. The normalized spacial score (nSPS) is 16.4. The lowest BCUT2D eigenvalue weighted by Gasteiger charge is -2.35. The third-order valence-electron chi connectivity index (χ3n) is 3.04. The zero-order chi connectivity index (χ0) is 13.1. The fourth-order valence-electron chi connectivity index (χ4n) is 1.86. The van der Waals surface area contributed by atoms with Crippen LogP contribution < -0.4 is 4.74 Å². The molecular weight excluding hydrogens is 230 g/mol. The summed E-state index contributed by atoms with van der Waals surface area (Å²) in [5.41, 5.74) is 1.85. The van der Waals surface area contributed by atoms with Gasteiger partial charge >= 0.3 is 0 Å². The van der Waals surface area contributed by atoms with Crippen LogP contribution in [0.4, 0.5) is 0 Å². The maximum Gasteiger partial charge on any atom is 0.247 e. The van der Waals surface area contributed by atoms with E-state index >= 15 is 0 Å². The van der Waals surface area contributed by atoms with Gasteiger partial charge in [-0.2, -0.15) is 0 Å². The molecule has 1 N–H and O–H groups in total. The lowest BCUT2D eigenvalue weighted by atomic mass is 10.1. The largest absolute Gasteiger partial charge is 0.497 e. The molecule has 2 rings (SSSR count). The number of ether oxygens (including phenoxy) is 1. The van der Waals surface area contributed by atoms with Gasteiger partial charge in [-0.1, -0.05) is 12.1 Å². The van der Waals surface area contributed by atoms with Gasteiger partial charge in [-0.3, -0.25) is 4.79 Å². The number of rotatable bonds is 3. The molecule has 1 aromatic rings. The van der Waals surface area contributed by atoms with Crippen molar-refractivity contribution in [3.63, 3.8) is 0 Å². The predicted molar refractivity (Wildman–Crippen MR) is 69.2 cm³/mol. The second-order valence-electron chi connectivity index (χ2n) is 4.46. The summed E-state index contributed by atoms with van der Waals surface area (Å²) in [6.45, 7) is 2.75. The minimum absolute atomic E-state index is 0.0550. The zero-order valence-electron chi connectivity index (χ0n) is 10.6. The minimum atomic E-state index is -0.362. The summed E-state index contributed by atoms with van der Waals surface area (Å²) in [5.74, 6) is 0.715. The molecule has 0 unspecified atom stereocenters. The third-order valence-corrected chi connectivity index (χ3v) is 3.04. The molecule has 1 aliphatic heterocycles. The van der Waals surface area contributed by atoms with Gasteiger partial charge in [-0.05, 0) is 30.2 Å². The van der Waals surface area contributed by atoms with Gasteiger partial charge in [-0.15, -0.1) is 0 Å². The van der Waals surface area contributed by atoms with E-state index in [1.807, 2.05) is 31.2 Å². The van der Waals surface area contributed by atoms with Gasteiger partial charge in [0, 0.05) is 19.2 Å². The fourth-order valence-corrected chi connectivity index (χ4v) is 1.86. The Labute approximate surface area is 106 Å². The highest BCUT2D eigenvalue weighted by molar-refractivity contribution is 5.95. The smallest absolute Gasteiger partial charge is 0.247 e. The van der Waals surface area contributed by atoms with Gasteiger partial charge in [0.25, 0.3) is 0 Å². The SMILES string of the molecule is COc1cccc(/C(C)=C/C(=O)N2CC(O)C2)c1. The van der Waals surface area contributed by atoms with E-state index in [2.05, 4.69) is 0 Å². The average Bonchev–Trinajstić information content (AvgIpc) is 2.34. The topological polar surface area (TPSA) is 49.8 Å². The molecule has 4 heteroatoms. The van der Waals surface area contributed by atoms with Crippen molar-refractivity contribution in [3.05, 3.63) is 35.9 Å². The maximum atomic E-state index is 11.8. The minimum Gasteiger partial charge on any atom is -0.497 e. The van der Waals surface area contributed by atoms with Gasteiger partial charge in [0.2, 0.25) is 5.91 Å². The average molecular weight is 247 g/mol. The summed E-state index contributed by atoms with van der Waals surface area (Å²) in [5, 5.41) is 9.16. The number of amides is 1. The van der Waals surface area contributed by atoms with Crippen LogP contribution in [0.1, 0.15) is 12.5 Å². The molecule has 1 amide bonds. The molecule has 1 fully saturated rings. The van der Waals surface area contributed by atoms with Crippen LogP contribution in [-0.4, -0.2) is 42.2 Å². The van der Waals surface area contributed by atoms with Crippen molar-refractivity contribution >= 4 is 11.5 Å². The summed E-state index contributed by atoms with van der Waals surface area (Å²) in [6.07, 6.45) is 1.24. The third kappa shape index (κ3) is 2.71. The number of benzene rings is 1. The molecule has 0 atom stereocenters. The van der Waals surface area contributed by atoms with Crippen LogP contribution in [0.15, 0.2) is 30.3 Å². The summed E-state index contributed by atoms with van der Waals surface area (Å²) in [7, 11) is 1.62. The van der Waals surface area contributed by atoms with Crippen molar-refractivity contribution in [1.82, 2.24) is 4.90 Å². The van der Waals surface area contributed by atoms with Gasteiger partial charge in [0.05, 0.1) is 13.2 Å². The van der Waals surface area contributed by atoms with Crippen molar-refractivity contribution in [2.75, 3.05) is 20.2 Å². The fraction of sp³-hybridized carbons (Fsp3) is 0.357. The van der Waals surface area contributed by atoms with Crippen LogP contribution in [0.3, 0.4) is 0 Å². The molecule has 1 aliphatic rings. The van der Waals surface area contributed by atoms with E-state index in [9.17, 15) is 4.79 Å².